The van der Waals surface area contributed by atoms with Crippen molar-refractivity contribution in [3.8, 4) is 0 Å². The van der Waals surface area contributed by atoms with Gasteiger partial charge in [0.1, 0.15) is 0 Å². The second kappa shape index (κ2) is 9.51. The number of piperazine rings is 1. The molecule has 1 heterocycles. The molecule has 1 aromatic carbocycles. The summed E-state index contributed by atoms with van der Waals surface area (Å²) in [7, 11) is 0. The average Bonchev–Trinajstić information content (AvgIpc) is 2.70. The summed E-state index contributed by atoms with van der Waals surface area (Å²) in [6.07, 6.45) is 6.09. The Bertz CT molecular complexity index is 608. The molecule has 1 saturated carbocycles. The molecule has 1 saturated heterocycles. The molecule has 26 heavy (non-hydrogen) atoms. The second-order valence-electron chi connectivity index (χ2n) is 7.18. The summed E-state index contributed by atoms with van der Waals surface area (Å²) < 4.78 is 0.965. The van der Waals surface area contributed by atoms with Gasteiger partial charge in [-0.1, -0.05) is 35.2 Å². The first-order valence-corrected chi connectivity index (χ1v) is 10.5. The highest BCUT2D eigenvalue weighted by Crippen LogP contribution is 2.25. The monoisotopic (exact) mass is 421 g/mol. The quantitative estimate of drug-likeness (QED) is 0.794. The van der Waals surface area contributed by atoms with Crippen LogP contribution in [0.25, 0.3) is 0 Å². The summed E-state index contributed by atoms with van der Waals surface area (Å²) >= 11 is 3.42. The number of carbonyl (C=O) groups is 2. The molecule has 2 fully saturated rings. The van der Waals surface area contributed by atoms with Crippen molar-refractivity contribution in [1.82, 2.24) is 15.1 Å². The van der Waals surface area contributed by atoms with Crippen molar-refractivity contribution in [3.63, 3.8) is 0 Å². The Labute approximate surface area is 164 Å². The van der Waals surface area contributed by atoms with Crippen molar-refractivity contribution in [2.45, 2.75) is 44.6 Å². The van der Waals surface area contributed by atoms with Gasteiger partial charge < -0.3 is 15.1 Å². The maximum Gasteiger partial charge on any atom is 0.254 e. The Morgan fingerprint density at radius 1 is 1.08 bits per heavy atom. The summed E-state index contributed by atoms with van der Waals surface area (Å²) in [6, 6.07) is 7.78. The third-order valence-electron chi connectivity index (χ3n) is 5.40. The summed E-state index contributed by atoms with van der Waals surface area (Å²) in [4.78, 5) is 29.5. The van der Waals surface area contributed by atoms with E-state index < -0.39 is 0 Å². The molecule has 0 radical (unpaired) electrons. The topological polar surface area (TPSA) is 52.7 Å². The van der Waals surface area contributed by atoms with E-state index in [0.29, 0.717) is 18.5 Å². The van der Waals surface area contributed by atoms with Crippen LogP contribution in [0.3, 0.4) is 0 Å². The molecule has 5 nitrogen and oxygen atoms in total. The first-order valence-electron chi connectivity index (χ1n) is 9.70. The van der Waals surface area contributed by atoms with Crippen molar-refractivity contribution in [3.05, 3.63) is 34.3 Å². The molecule has 0 unspecified atom stereocenters. The van der Waals surface area contributed by atoms with Crippen molar-refractivity contribution < 1.29 is 9.59 Å². The predicted octanol–water partition coefficient (Wildman–Crippen LogP) is 3.05. The lowest BCUT2D eigenvalue weighted by Gasteiger charge is -2.35. The van der Waals surface area contributed by atoms with E-state index >= 15 is 0 Å². The number of hydrogen-bond acceptors (Lipinski definition) is 3. The standard InChI is InChI=1S/C20H28BrN3O2/c21-17-8-6-16(7-9-17)20(26)24(18-4-2-1-3-5-18)13-10-19(25)23-14-11-22-12-15-23/h6-9,18,22H,1-5,10-15H2. The van der Waals surface area contributed by atoms with Crippen molar-refractivity contribution in [2.24, 2.45) is 0 Å². The lowest BCUT2D eigenvalue weighted by atomic mass is 9.93. The van der Waals surface area contributed by atoms with Crippen LogP contribution < -0.4 is 5.32 Å². The van der Waals surface area contributed by atoms with Gasteiger partial charge in [0.25, 0.3) is 5.91 Å². The second-order valence-corrected chi connectivity index (χ2v) is 8.09. The van der Waals surface area contributed by atoms with Gasteiger partial charge >= 0.3 is 0 Å². The van der Waals surface area contributed by atoms with Gasteiger partial charge in [-0.05, 0) is 37.1 Å². The number of rotatable bonds is 5. The van der Waals surface area contributed by atoms with Crippen LogP contribution in [0.2, 0.25) is 0 Å². The number of nitrogens with one attached hydrogen (secondary N) is 1. The Kier molecular flexibility index (Phi) is 7.08. The highest BCUT2D eigenvalue weighted by Gasteiger charge is 2.27. The molecule has 3 rings (SSSR count). The third-order valence-corrected chi connectivity index (χ3v) is 5.93. The van der Waals surface area contributed by atoms with Crippen LogP contribution in [-0.4, -0.2) is 60.4 Å². The number of carbonyl (C=O) groups excluding carboxylic acids is 2. The molecule has 0 atom stereocenters. The van der Waals surface area contributed by atoms with Crippen molar-refractivity contribution in [1.29, 1.82) is 0 Å². The third kappa shape index (κ3) is 5.07. The van der Waals surface area contributed by atoms with Crippen LogP contribution in [0.4, 0.5) is 0 Å². The summed E-state index contributed by atoms with van der Waals surface area (Å²) in [5, 5.41) is 3.27. The normalized spacial score (nSPS) is 18.6. The van der Waals surface area contributed by atoms with Gasteiger partial charge in [0.2, 0.25) is 5.91 Å². The van der Waals surface area contributed by atoms with Gasteiger partial charge in [-0.25, -0.2) is 0 Å². The molecular formula is C20H28BrN3O2. The molecule has 1 aliphatic carbocycles. The number of halogens is 1. The molecule has 1 N–H and O–H groups in total. The maximum absolute atomic E-state index is 13.1. The predicted molar refractivity (Wildman–Crippen MR) is 106 cm³/mol. The summed E-state index contributed by atoms with van der Waals surface area (Å²) in [5.41, 5.74) is 0.702. The summed E-state index contributed by atoms with van der Waals surface area (Å²) in [5.74, 6) is 0.216. The molecule has 0 spiro atoms. The highest BCUT2D eigenvalue weighted by molar-refractivity contribution is 9.10. The van der Waals surface area contributed by atoms with E-state index in [1.165, 1.54) is 19.3 Å². The molecule has 0 bridgehead atoms. The Balaban J connectivity index is 1.67. The van der Waals surface area contributed by atoms with Gasteiger partial charge in [0, 0.05) is 55.2 Å². The minimum atomic E-state index is 0.0533. The Hall–Kier alpha value is -1.40. The smallest absolute Gasteiger partial charge is 0.254 e. The first-order chi connectivity index (χ1) is 12.6. The van der Waals surface area contributed by atoms with E-state index in [1.807, 2.05) is 34.1 Å². The zero-order valence-corrected chi connectivity index (χ0v) is 16.8. The number of hydrogen-bond donors (Lipinski definition) is 1. The molecule has 0 aromatic heterocycles. The number of nitrogens with zero attached hydrogens (tertiary/aromatic N) is 2. The molecule has 2 aliphatic rings. The zero-order valence-electron chi connectivity index (χ0n) is 15.3. The van der Waals surface area contributed by atoms with E-state index in [4.69, 9.17) is 0 Å². The van der Waals surface area contributed by atoms with Crippen LogP contribution in [-0.2, 0) is 4.79 Å². The van der Waals surface area contributed by atoms with E-state index in [1.54, 1.807) is 0 Å². The van der Waals surface area contributed by atoms with Gasteiger partial charge in [0.05, 0.1) is 0 Å². The average molecular weight is 422 g/mol. The zero-order chi connectivity index (χ0) is 18.4. The number of benzene rings is 1. The first kappa shape index (κ1) is 19.4. The molecule has 142 valence electrons. The van der Waals surface area contributed by atoms with Crippen molar-refractivity contribution >= 4 is 27.7 Å². The van der Waals surface area contributed by atoms with Crippen molar-refractivity contribution in [2.75, 3.05) is 32.7 Å². The maximum atomic E-state index is 13.1. The molecule has 1 aromatic rings. The van der Waals surface area contributed by atoms with E-state index in [-0.39, 0.29) is 17.9 Å². The lowest BCUT2D eigenvalue weighted by molar-refractivity contribution is -0.132. The van der Waals surface area contributed by atoms with E-state index in [9.17, 15) is 9.59 Å². The lowest BCUT2D eigenvalue weighted by Crippen LogP contribution is -2.48. The van der Waals surface area contributed by atoms with Crippen LogP contribution in [0.5, 0.6) is 0 Å². The fourth-order valence-electron chi connectivity index (χ4n) is 3.89. The minimum Gasteiger partial charge on any atom is -0.340 e. The van der Waals surface area contributed by atoms with Gasteiger partial charge in [-0.3, -0.25) is 9.59 Å². The van der Waals surface area contributed by atoms with Gasteiger partial charge in [0.15, 0.2) is 0 Å². The summed E-state index contributed by atoms with van der Waals surface area (Å²) in [6.45, 7) is 3.76. The van der Waals surface area contributed by atoms with Gasteiger partial charge in [-0.15, -0.1) is 0 Å². The van der Waals surface area contributed by atoms with E-state index in [2.05, 4.69) is 21.2 Å². The highest BCUT2D eigenvalue weighted by atomic mass is 79.9. The fraction of sp³-hybridized carbons (Fsp3) is 0.600. The fourth-order valence-corrected chi connectivity index (χ4v) is 4.15. The van der Waals surface area contributed by atoms with Crippen LogP contribution in [0.1, 0.15) is 48.9 Å². The molecule has 1 aliphatic heterocycles. The van der Waals surface area contributed by atoms with E-state index in [0.717, 1.165) is 43.5 Å². The largest absolute Gasteiger partial charge is 0.340 e. The number of amides is 2. The molecule has 6 heteroatoms. The Morgan fingerprint density at radius 3 is 2.38 bits per heavy atom. The Morgan fingerprint density at radius 2 is 1.73 bits per heavy atom. The van der Waals surface area contributed by atoms with Crippen LogP contribution in [0.15, 0.2) is 28.7 Å². The molecule has 2 amide bonds. The van der Waals surface area contributed by atoms with Crippen LogP contribution in [0, 0.1) is 0 Å². The minimum absolute atomic E-state index is 0.0533. The van der Waals surface area contributed by atoms with Crippen LogP contribution >= 0.6 is 15.9 Å². The van der Waals surface area contributed by atoms with Gasteiger partial charge in [-0.2, -0.15) is 0 Å². The SMILES string of the molecule is O=C(CCN(C(=O)c1ccc(Br)cc1)C1CCCCC1)N1CCNCC1. The molecular weight excluding hydrogens is 394 g/mol.